The second kappa shape index (κ2) is 9.67. The van der Waals surface area contributed by atoms with Gasteiger partial charge in [-0.3, -0.25) is 4.79 Å². The van der Waals surface area contributed by atoms with E-state index in [-0.39, 0.29) is 11.9 Å². The Morgan fingerprint density at radius 2 is 1.96 bits per heavy atom. The highest BCUT2D eigenvalue weighted by atomic mass is 16.5. The number of hydrogen-bond acceptors (Lipinski definition) is 3. The van der Waals surface area contributed by atoms with Gasteiger partial charge in [-0.25, -0.2) is 0 Å². The summed E-state index contributed by atoms with van der Waals surface area (Å²) in [6.45, 7) is 10.6. The Kier molecular flexibility index (Phi) is 7.57. The molecule has 1 N–H and O–H groups in total. The van der Waals surface area contributed by atoms with Crippen LogP contribution in [0.25, 0.3) is 0 Å². The van der Waals surface area contributed by atoms with Gasteiger partial charge >= 0.3 is 5.97 Å². The third kappa shape index (κ3) is 5.23. The van der Waals surface area contributed by atoms with Gasteiger partial charge in [0.15, 0.2) is 0 Å². The Hall–Kier alpha value is -1.55. The number of para-hydroxylation sites is 1. The zero-order chi connectivity index (χ0) is 17.4. The molecule has 0 aromatic heterocycles. The molecule has 1 aliphatic rings. The van der Waals surface area contributed by atoms with E-state index in [0.717, 1.165) is 51.3 Å². The Morgan fingerprint density at radius 1 is 1.25 bits per heavy atom. The summed E-state index contributed by atoms with van der Waals surface area (Å²) < 4.78 is 11.2. The molecule has 1 atom stereocenters. The molecule has 0 spiro atoms. The van der Waals surface area contributed by atoms with Crippen LogP contribution >= 0.6 is 0 Å². The number of nitrogens with one attached hydrogen (secondary N) is 1. The maximum Gasteiger partial charge on any atom is 0.309 e. The first-order valence-electron chi connectivity index (χ1n) is 9.37. The van der Waals surface area contributed by atoms with Gasteiger partial charge < -0.3 is 14.4 Å². The van der Waals surface area contributed by atoms with Crippen molar-refractivity contribution in [2.75, 3.05) is 32.8 Å². The summed E-state index contributed by atoms with van der Waals surface area (Å²) in [5, 5.41) is 0. The first-order valence-corrected chi connectivity index (χ1v) is 9.37. The molecule has 0 unspecified atom stereocenters. The van der Waals surface area contributed by atoms with Crippen LogP contribution in [-0.4, -0.2) is 38.8 Å². The quantitative estimate of drug-likeness (QED) is 0.742. The summed E-state index contributed by atoms with van der Waals surface area (Å²) in [4.78, 5) is 13.3. The zero-order valence-electron chi connectivity index (χ0n) is 15.3. The van der Waals surface area contributed by atoms with E-state index in [1.807, 2.05) is 13.0 Å². The van der Waals surface area contributed by atoms with Crippen LogP contribution in [0, 0.1) is 5.92 Å². The lowest BCUT2D eigenvalue weighted by Crippen LogP contribution is -3.13. The fraction of sp³-hybridized carbons (Fsp3) is 0.650. The Bertz CT molecular complexity index is 509. The molecule has 1 aromatic carbocycles. The van der Waals surface area contributed by atoms with Crippen LogP contribution in [0.5, 0.6) is 5.75 Å². The molecule has 4 heteroatoms. The third-order valence-electron chi connectivity index (χ3n) is 5.09. The minimum atomic E-state index is -0.0183. The maximum atomic E-state index is 11.8. The minimum Gasteiger partial charge on any atom is -0.487 e. The van der Waals surface area contributed by atoms with Gasteiger partial charge in [0.25, 0.3) is 0 Å². The van der Waals surface area contributed by atoms with Crippen molar-refractivity contribution in [3.63, 3.8) is 0 Å². The van der Waals surface area contributed by atoms with Gasteiger partial charge in [0, 0.05) is 12.8 Å². The van der Waals surface area contributed by atoms with Crippen molar-refractivity contribution >= 4 is 5.97 Å². The third-order valence-corrected chi connectivity index (χ3v) is 5.09. The van der Waals surface area contributed by atoms with E-state index in [4.69, 9.17) is 9.47 Å². The van der Waals surface area contributed by atoms with Gasteiger partial charge in [-0.15, -0.1) is 0 Å². The molecule has 1 aliphatic heterocycles. The highest BCUT2D eigenvalue weighted by Gasteiger charge is 2.28. The van der Waals surface area contributed by atoms with Gasteiger partial charge in [-0.1, -0.05) is 32.0 Å². The molecule has 134 valence electrons. The van der Waals surface area contributed by atoms with Crippen molar-refractivity contribution in [2.45, 2.75) is 46.0 Å². The standard InChI is InChI=1S/C20H31NO3/c1-4-16(3)18-8-6-7-9-19(18)24-15-14-21-12-10-17(11-13-21)20(22)23-5-2/h6-9,16-17H,4-5,10-15H2,1-3H3/p+1/t16-/m0/s1. The van der Waals surface area contributed by atoms with Crippen LogP contribution in [0.3, 0.4) is 0 Å². The van der Waals surface area contributed by atoms with Crippen LogP contribution < -0.4 is 9.64 Å². The smallest absolute Gasteiger partial charge is 0.309 e. The van der Waals surface area contributed by atoms with Crippen molar-refractivity contribution in [1.82, 2.24) is 0 Å². The first-order chi connectivity index (χ1) is 11.7. The molecular weight excluding hydrogens is 302 g/mol. The van der Waals surface area contributed by atoms with E-state index < -0.39 is 0 Å². The number of likely N-dealkylation sites (tertiary alicyclic amines) is 1. The molecule has 24 heavy (non-hydrogen) atoms. The molecule has 1 heterocycles. The van der Waals surface area contributed by atoms with E-state index in [2.05, 4.69) is 32.0 Å². The van der Waals surface area contributed by atoms with Crippen molar-refractivity contribution in [2.24, 2.45) is 5.92 Å². The van der Waals surface area contributed by atoms with Crippen molar-refractivity contribution in [1.29, 1.82) is 0 Å². The number of quaternary nitrogens is 1. The lowest BCUT2D eigenvalue weighted by Gasteiger charge is -2.28. The fourth-order valence-corrected chi connectivity index (χ4v) is 3.32. The number of rotatable bonds is 8. The Labute approximate surface area is 146 Å². The van der Waals surface area contributed by atoms with Gasteiger partial charge in [-0.2, -0.15) is 0 Å². The predicted octanol–water partition coefficient (Wildman–Crippen LogP) is 2.44. The zero-order valence-corrected chi connectivity index (χ0v) is 15.3. The lowest BCUT2D eigenvalue weighted by molar-refractivity contribution is -0.905. The number of piperidine rings is 1. The van der Waals surface area contributed by atoms with Crippen molar-refractivity contribution < 1.29 is 19.2 Å². The fourth-order valence-electron chi connectivity index (χ4n) is 3.32. The number of esters is 1. The van der Waals surface area contributed by atoms with E-state index in [9.17, 15) is 4.79 Å². The molecule has 1 saturated heterocycles. The van der Waals surface area contributed by atoms with E-state index in [1.54, 1.807) is 0 Å². The second-order valence-corrected chi connectivity index (χ2v) is 6.72. The summed E-state index contributed by atoms with van der Waals surface area (Å²) >= 11 is 0. The summed E-state index contributed by atoms with van der Waals surface area (Å²) in [6.07, 6.45) is 2.97. The summed E-state index contributed by atoms with van der Waals surface area (Å²) in [6, 6.07) is 8.36. The van der Waals surface area contributed by atoms with Crippen LogP contribution in [0.15, 0.2) is 24.3 Å². The van der Waals surface area contributed by atoms with Crippen molar-refractivity contribution in [3.8, 4) is 5.75 Å². The first kappa shape index (κ1) is 18.8. The maximum absolute atomic E-state index is 11.8. The van der Waals surface area contributed by atoms with Crippen LogP contribution in [0.2, 0.25) is 0 Å². The Morgan fingerprint density at radius 3 is 2.62 bits per heavy atom. The molecule has 0 aliphatic carbocycles. The van der Waals surface area contributed by atoms with Gasteiger partial charge in [0.05, 0.1) is 25.6 Å². The Balaban J connectivity index is 1.75. The molecule has 1 fully saturated rings. The lowest BCUT2D eigenvalue weighted by atomic mass is 9.97. The number of ether oxygens (including phenoxy) is 2. The molecule has 0 saturated carbocycles. The van der Waals surface area contributed by atoms with Gasteiger partial charge in [0.2, 0.25) is 0 Å². The van der Waals surface area contributed by atoms with Gasteiger partial charge in [0.1, 0.15) is 18.9 Å². The summed E-state index contributed by atoms with van der Waals surface area (Å²) in [5.74, 6) is 1.62. The monoisotopic (exact) mass is 334 g/mol. The molecule has 0 radical (unpaired) electrons. The summed E-state index contributed by atoms with van der Waals surface area (Å²) in [5.41, 5.74) is 1.30. The topological polar surface area (TPSA) is 40.0 Å². The highest BCUT2D eigenvalue weighted by molar-refractivity contribution is 5.72. The normalized spacial score (nSPS) is 22.0. The van der Waals surface area contributed by atoms with Crippen LogP contribution in [0.1, 0.15) is 51.5 Å². The minimum absolute atomic E-state index is 0.0183. The number of benzene rings is 1. The van der Waals surface area contributed by atoms with E-state index in [0.29, 0.717) is 12.5 Å². The largest absolute Gasteiger partial charge is 0.487 e. The average Bonchev–Trinajstić information content (AvgIpc) is 2.62. The van der Waals surface area contributed by atoms with Gasteiger partial charge in [-0.05, 0) is 30.9 Å². The second-order valence-electron chi connectivity index (χ2n) is 6.72. The number of carbonyl (C=O) groups excluding carboxylic acids is 1. The molecule has 0 amide bonds. The number of hydrogen-bond donors (Lipinski definition) is 1. The molecule has 2 rings (SSSR count). The van der Waals surface area contributed by atoms with Crippen molar-refractivity contribution in [3.05, 3.63) is 29.8 Å². The molecule has 0 bridgehead atoms. The number of carbonyl (C=O) groups is 1. The average molecular weight is 334 g/mol. The van der Waals surface area contributed by atoms with E-state index in [1.165, 1.54) is 10.5 Å². The highest BCUT2D eigenvalue weighted by Crippen LogP contribution is 2.28. The van der Waals surface area contributed by atoms with Crippen LogP contribution in [0.4, 0.5) is 0 Å². The molecule has 1 aromatic rings. The summed E-state index contributed by atoms with van der Waals surface area (Å²) in [7, 11) is 0. The SMILES string of the molecule is CCOC(=O)C1CC[NH+](CCOc2ccccc2[C@@H](C)CC)CC1. The predicted molar refractivity (Wildman–Crippen MR) is 95.6 cm³/mol. The molecule has 4 nitrogen and oxygen atoms in total. The molecular formula is C20H32NO3+. The van der Waals surface area contributed by atoms with E-state index >= 15 is 0 Å². The van der Waals surface area contributed by atoms with Crippen LogP contribution in [-0.2, 0) is 9.53 Å².